The van der Waals surface area contributed by atoms with Crippen molar-refractivity contribution in [3.05, 3.63) is 175 Å². The summed E-state index contributed by atoms with van der Waals surface area (Å²) in [6.07, 6.45) is 0. The zero-order valence-corrected chi connectivity index (χ0v) is 31.3. The van der Waals surface area contributed by atoms with Crippen LogP contribution < -0.4 is 10.2 Å². The lowest BCUT2D eigenvalue weighted by molar-refractivity contribution is 0.662. The summed E-state index contributed by atoms with van der Waals surface area (Å²) in [5, 5.41) is 24.2. The van der Waals surface area contributed by atoms with Gasteiger partial charge in [0.2, 0.25) is 0 Å². The molecule has 0 aliphatic heterocycles. The Morgan fingerprint density at radius 1 is 0.483 bits per heavy atom. The highest BCUT2D eigenvalue weighted by atomic mass is 16.3. The second-order valence-electron chi connectivity index (χ2n) is 15.1. The molecule has 6 nitrogen and oxygen atoms in total. The van der Waals surface area contributed by atoms with Crippen molar-refractivity contribution in [3.63, 3.8) is 0 Å². The zero-order valence-electron chi connectivity index (χ0n) is 31.3. The average molecular weight is 745 g/mol. The summed E-state index contributed by atoms with van der Waals surface area (Å²) in [5.41, 5.74) is 10.8. The number of nitriles is 1. The van der Waals surface area contributed by atoms with Crippen LogP contribution in [0.15, 0.2) is 179 Å². The number of hydrogen-bond donors (Lipinski definition) is 1. The van der Waals surface area contributed by atoms with Crippen LogP contribution in [-0.2, 0) is 7.05 Å². The van der Waals surface area contributed by atoms with Crippen molar-refractivity contribution >= 4 is 116 Å². The lowest BCUT2D eigenvalue weighted by atomic mass is 10.0. The molecule has 0 saturated heterocycles. The molecule has 0 unspecified atom stereocenters. The molecule has 3 aromatic heterocycles. The molecule has 0 radical (unpaired) electrons. The van der Waals surface area contributed by atoms with E-state index in [1.165, 1.54) is 21.8 Å². The van der Waals surface area contributed by atoms with Gasteiger partial charge in [-0.25, -0.2) is 0 Å². The first-order valence-electron chi connectivity index (χ1n) is 19.4. The van der Waals surface area contributed by atoms with Gasteiger partial charge in [-0.3, -0.25) is 0 Å². The Balaban J connectivity index is 1.02. The number of nitrogens with zero attached hydrogens (tertiary/aromatic N) is 3. The van der Waals surface area contributed by atoms with Gasteiger partial charge in [0.25, 0.3) is 0 Å². The molecule has 0 spiro atoms. The van der Waals surface area contributed by atoms with Gasteiger partial charge in [-0.1, -0.05) is 66.7 Å². The smallest absolute Gasteiger partial charge is 0.156 e. The van der Waals surface area contributed by atoms with Crippen molar-refractivity contribution in [3.8, 4) is 6.07 Å². The Labute approximate surface area is 331 Å². The van der Waals surface area contributed by atoms with Crippen molar-refractivity contribution in [1.82, 2.24) is 4.57 Å². The van der Waals surface area contributed by atoms with Gasteiger partial charge in [0.15, 0.2) is 5.58 Å². The van der Waals surface area contributed by atoms with Crippen LogP contribution in [0, 0.1) is 11.3 Å². The van der Waals surface area contributed by atoms with Gasteiger partial charge < -0.3 is 23.6 Å². The molecular formula is C52H32N4O2. The quantitative estimate of drug-likeness (QED) is 0.190. The molecule has 0 aliphatic carbocycles. The Morgan fingerprint density at radius 3 is 1.97 bits per heavy atom. The van der Waals surface area contributed by atoms with E-state index < -0.39 is 0 Å². The molecule has 1 N–H and O–H groups in total. The first kappa shape index (κ1) is 32.3. The van der Waals surface area contributed by atoms with E-state index in [1.54, 1.807) is 0 Å². The number of anilines is 5. The van der Waals surface area contributed by atoms with Crippen LogP contribution in [-0.4, -0.2) is 4.57 Å². The lowest BCUT2D eigenvalue weighted by Gasteiger charge is -2.26. The van der Waals surface area contributed by atoms with Gasteiger partial charge in [-0.05, 0) is 125 Å². The third-order valence-electron chi connectivity index (χ3n) is 11.7. The molecule has 12 rings (SSSR count). The van der Waals surface area contributed by atoms with Crippen LogP contribution in [0.1, 0.15) is 5.56 Å². The number of nitrogens with one attached hydrogen (secondary N) is 1. The largest absolute Gasteiger partial charge is 0.455 e. The van der Waals surface area contributed by atoms with Crippen LogP contribution in [0.4, 0.5) is 28.4 Å². The third kappa shape index (κ3) is 4.84. The van der Waals surface area contributed by atoms with E-state index in [0.717, 1.165) is 77.1 Å². The van der Waals surface area contributed by atoms with Crippen molar-refractivity contribution < 1.29 is 8.83 Å². The minimum Gasteiger partial charge on any atom is -0.455 e. The van der Waals surface area contributed by atoms with E-state index in [4.69, 9.17) is 8.83 Å². The topological polar surface area (TPSA) is 70.3 Å². The molecule has 0 fully saturated rings. The van der Waals surface area contributed by atoms with E-state index in [0.29, 0.717) is 22.3 Å². The van der Waals surface area contributed by atoms with E-state index in [-0.39, 0.29) is 0 Å². The summed E-state index contributed by atoms with van der Waals surface area (Å²) in [6.45, 7) is 0. The highest BCUT2D eigenvalue weighted by Crippen LogP contribution is 2.44. The average Bonchev–Trinajstić information content (AvgIpc) is 3.91. The fraction of sp³-hybridized carbons (Fsp3) is 0.0192. The number of rotatable bonds is 5. The van der Waals surface area contributed by atoms with E-state index in [1.807, 2.05) is 36.4 Å². The summed E-state index contributed by atoms with van der Waals surface area (Å²) in [7, 11) is 2.13. The van der Waals surface area contributed by atoms with Crippen molar-refractivity contribution in [1.29, 1.82) is 5.26 Å². The van der Waals surface area contributed by atoms with E-state index in [9.17, 15) is 5.26 Å². The minimum atomic E-state index is 0.481. The third-order valence-corrected chi connectivity index (χ3v) is 11.7. The molecule has 0 bridgehead atoms. The predicted octanol–water partition coefficient (Wildman–Crippen LogP) is 14.5. The molecule has 0 saturated carbocycles. The number of aromatic nitrogens is 1. The molecule has 6 heteroatoms. The Hall–Kier alpha value is -8.01. The van der Waals surface area contributed by atoms with Gasteiger partial charge in [0.1, 0.15) is 22.8 Å². The van der Waals surface area contributed by atoms with Gasteiger partial charge in [-0.2, -0.15) is 5.26 Å². The molecule has 272 valence electrons. The number of hydrogen-bond acceptors (Lipinski definition) is 5. The van der Waals surface area contributed by atoms with Crippen molar-refractivity contribution in [2.45, 2.75) is 0 Å². The van der Waals surface area contributed by atoms with E-state index in [2.05, 4.69) is 161 Å². The molecule has 0 aliphatic rings. The van der Waals surface area contributed by atoms with Gasteiger partial charge in [0, 0.05) is 73.4 Å². The molecule has 12 aromatic rings. The summed E-state index contributed by atoms with van der Waals surface area (Å²) >= 11 is 0. The minimum absolute atomic E-state index is 0.481. The monoisotopic (exact) mass is 744 g/mol. The SMILES string of the molecule is Cn1c2ccccc2c2cc(N(c3ccccc3)c3ccc4cc5c(cc4c3)oc3c5cc(C#N)c4oc5cc6cc(Nc7ccccc7)ccc6cc5c43)ccc21. The maximum Gasteiger partial charge on any atom is 0.156 e. The molecular weight excluding hydrogens is 713 g/mol. The number of para-hydroxylation sites is 3. The molecule has 0 amide bonds. The van der Waals surface area contributed by atoms with Crippen LogP contribution in [0.2, 0.25) is 0 Å². The van der Waals surface area contributed by atoms with Gasteiger partial charge >= 0.3 is 0 Å². The second-order valence-corrected chi connectivity index (χ2v) is 15.1. The zero-order chi connectivity index (χ0) is 38.5. The molecule has 58 heavy (non-hydrogen) atoms. The summed E-state index contributed by atoms with van der Waals surface area (Å²) < 4.78 is 15.6. The molecule has 0 atom stereocenters. The van der Waals surface area contributed by atoms with Crippen molar-refractivity contribution in [2.24, 2.45) is 7.05 Å². The number of furan rings is 2. The van der Waals surface area contributed by atoms with Crippen LogP contribution in [0.5, 0.6) is 0 Å². The van der Waals surface area contributed by atoms with Gasteiger partial charge in [-0.15, -0.1) is 0 Å². The maximum atomic E-state index is 10.4. The molecule has 3 heterocycles. The summed E-state index contributed by atoms with van der Waals surface area (Å²) in [6, 6.07) is 61.7. The maximum absolute atomic E-state index is 10.4. The first-order valence-corrected chi connectivity index (χ1v) is 19.4. The Kier molecular flexibility index (Phi) is 6.81. The fourth-order valence-corrected chi connectivity index (χ4v) is 8.95. The lowest BCUT2D eigenvalue weighted by Crippen LogP contribution is -2.09. The summed E-state index contributed by atoms with van der Waals surface area (Å²) in [4.78, 5) is 2.31. The number of benzene rings is 9. The van der Waals surface area contributed by atoms with Crippen molar-refractivity contribution in [2.75, 3.05) is 10.2 Å². The van der Waals surface area contributed by atoms with Crippen LogP contribution >= 0.6 is 0 Å². The standard InChI is InChI=1S/C52H32N4O2/c1-55-46-15-9-8-14-41(46)42-29-40(20-21-47(42)55)56(38-12-6-3-7-13-38)39-19-17-32-24-43-44-26-35(30-53)51-50(52(44)58-48(43)28-34(32)23-39)45-25-31-16-18-37(22-33(31)27-49(45)57-51)54-36-10-4-2-5-11-36/h2-29,54H,1H3. The molecule has 9 aromatic carbocycles. The van der Waals surface area contributed by atoms with E-state index >= 15 is 0 Å². The van der Waals surface area contributed by atoms with Crippen LogP contribution in [0.3, 0.4) is 0 Å². The normalized spacial score (nSPS) is 11.9. The second kappa shape index (κ2) is 12.2. The van der Waals surface area contributed by atoms with Gasteiger partial charge in [0.05, 0.1) is 10.9 Å². The highest BCUT2D eigenvalue weighted by molar-refractivity contribution is 6.25. The Morgan fingerprint density at radius 2 is 1.14 bits per heavy atom. The number of fused-ring (bicyclic) bond motifs is 12. The Bertz CT molecular complexity index is 3680. The fourth-order valence-electron chi connectivity index (χ4n) is 8.95. The first-order chi connectivity index (χ1) is 28.6. The highest BCUT2D eigenvalue weighted by Gasteiger charge is 2.22. The number of aryl methyl sites for hydroxylation is 1. The van der Waals surface area contributed by atoms with Crippen LogP contribution in [0.25, 0.3) is 87.2 Å². The summed E-state index contributed by atoms with van der Waals surface area (Å²) in [5.74, 6) is 0. The predicted molar refractivity (Wildman–Crippen MR) is 239 cm³/mol.